The first-order valence-electron chi connectivity index (χ1n) is 16.6. The highest BCUT2D eigenvalue weighted by molar-refractivity contribution is 5.69. The van der Waals surface area contributed by atoms with Crippen LogP contribution in [-0.4, -0.2) is 91.6 Å². The Balaban J connectivity index is 2.51. The van der Waals surface area contributed by atoms with Crippen LogP contribution in [0, 0.1) is 0 Å². The van der Waals surface area contributed by atoms with Crippen LogP contribution in [-0.2, 0) is 57.1 Å². The second-order valence-electron chi connectivity index (χ2n) is 11.3. The van der Waals surface area contributed by atoms with Crippen molar-refractivity contribution in [2.75, 3.05) is 19.8 Å². The predicted octanol–water partition coefficient (Wildman–Crippen LogP) is 4.58. The Labute approximate surface area is 283 Å². The summed E-state index contributed by atoms with van der Waals surface area (Å²) in [6.45, 7) is 5.41. The van der Waals surface area contributed by atoms with Gasteiger partial charge in [-0.1, -0.05) is 62.6 Å². The Morgan fingerprint density at radius 2 is 1.23 bits per heavy atom. The molecular formula is C35H54O13. The molecular weight excluding hydrogens is 628 g/mol. The molecule has 1 saturated heterocycles. The minimum Gasteiger partial charge on any atom is -0.463 e. The van der Waals surface area contributed by atoms with Crippen LogP contribution in [0.15, 0.2) is 36.5 Å². The summed E-state index contributed by atoms with van der Waals surface area (Å²) in [6, 6.07) is 0. The third-order valence-electron chi connectivity index (χ3n) is 6.87. The summed E-state index contributed by atoms with van der Waals surface area (Å²) >= 11 is 0. The summed E-state index contributed by atoms with van der Waals surface area (Å²) in [4.78, 5) is 59.3. The van der Waals surface area contributed by atoms with Crippen LogP contribution in [0.4, 0.5) is 0 Å². The van der Waals surface area contributed by atoms with Gasteiger partial charge in [-0.2, -0.15) is 0 Å². The summed E-state index contributed by atoms with van der Waals surface area (Å²) in [5.41, 5.74) is 0. The molecule has 13 nitrogen and oxygen atoms in total. The van der Waals surface area contributed by atoms with E-state index in [9.17, 15) is 29.1 Å². The second kappa shape index (κ2) is 25.5. The van der Waals surface area contributed by atoms with E-state index >= 15 is 0 Å². The summed E-state index contributed by atoms with van der Waals surface area (Å²) in [6.07, 6.45) is 14.0. The number of aliphatic hydroxyl groups excluding tert-OH is 1. The molecule has 1 aliphatic heterocycles. The van der Waals surface area contributed by atoms with Crippen LogP contribution in [0.25, 0.3) is 0 Å². The van der Waals surface area contributed by atoms with Crippen molar-refractivity contribution in [3.63, 3.8) is 0 Å². The molecule has 0 aliphatic carbocycles. The van der Waals surface area contributed by atoms with Gasteiger partial charge in [0.05, 0.1) is 6.61 Å². The fourth-order valence-electron chi connectivity index (χ4n) is 4.73. The van der Waals surface area contributed by atoms with Crippen molar-refractivity contribution < 1.29 is 62.2 Å². The Hall–Kier alpha value is -3.55. The van der Waals surface area contributed by atoms with Crippen molar-refractivity contribution in [2.24, 2.45) is 0 Å². The first-order valence-corrected chi connectivity index (χ1v) is 16.6. The highest BCUT2D eigenvalue weighted by Crippen LogP contribution is 2.30. The topological polar surface area (TPSA) is 170 Å². The van der Waals surface area contributed by atoms with Crippen molar-refractivity contribution in [1.82, 2.24) is 0 Å². The van der Waals surface area contributed by atoms with Gasteiger partial charge in [0.1, 0.15) is 25.4 Å². The smallest absolute Gasteiger partial charge is 0.305 e. The summed E-state index contributed by atoms with van der Waals surface area (Å²) in [5.74, 6) is -3.43. The highest BCUT2D eigenvalue weighted by atomic mass is 16.7. The van der Waals surface area contributed by atoms with Gasteiger partial charge < -0.3 is 38.3 Å². The van der Waals surface area contributed by atoms with E-state index < -0.39 is 79.9 Å². The van der Waals surface area contributed by atoms with Gasteiger partial charge in [-0.3, -0.25) is 24.0 Å². The zero-order valence-corrected chi connectivity index (χ0v) is 29.0. The molecule has 1 N–H and O–H groups in total. The van der Waals surface area contributed by atoms with Crippen molar-refractivity contribution >= 4 is 29.8 Å². The van der Waals surface area contributed by atoms with E-state index in [0.717, 1.165) is 79.1 Å². The largest absolute Gasteiger partial charge is 0.463 e. The van der Waals surface area contributed by atoms with Crippen LogP contribution in [0.3, 0.4) is 0 Å². The maximum Gasteiger partial charge on any atom is 0.305 e. The number of aliphatic hydroxyl groups is 1. The lowest BCUT2D eigenvalue weighted by Gasteiger charge is -2.44. The second-order valence-corrected chi connectivity index (χ2v) is 11.3. The number of hydrogen-bond acceptors (Lipinski definition) is 13. The Kier molecular flexibility index (Phi) is 22.5. The SMILES string of the molecule is CC/C=C\C/C=C\C/C=C\CCCCCCCC(=O)OCC(O)CO[C@@H]1O[C@H](COC(C)=O)[C@@H](OC(C)=O)[C@H](OC(C)=O)[C@H]1OC(C)=O. The molecule has 48 heavy (non-hydrogen) atoms. The van der Waals surface area contributed by atoms with Gasteiger partial charge in [0.15, 0.2) is 24.6 Å². The fourth-order valence-corrected chi connectivity index (χ4v) is 4.73. The van der Waals surface area contributed by atoms with Crippen molar-refractivity contribution in [1.29, 1.82) is 0 Å². The molecule has 1 fully saturated rings. The number of unbranched alkanes of at least 4 members (excludes halogenated alkanes) is 5. The Bertz CT molecular complexity index is 1070. The predicted molar refractivity (Wildman–Crippen MR) is 174 cm³/mol. The molecule has 0 aromatic rings. The monoisotopic (exact) mass is 682 g/mol. The zero-order chi connectivity index (χ0) is 35.7. The van der Waals surface area contributed by atoms with E-state index in [1.165, 1.54) is 0 Å². The normalized spacial score (nSPS) is 21.7. The van der Waals surface area contributed by atoms with Crippen LogP contribution in [0.1, 0.15) is 98.8 Å². The standard InChI is InChI=1S/C35H54O13/c1-6-7-8-9-10-11-12-13-14-15-16-17-18-19-20-21-31(41)43-22-29(40)23-44-35-34(47-28(5)39)33(46-27(4)38)32(45-26(3)37)30(48-35)24-42-25(2)36/h7-8,10-11,13-14,29-30,32-35,40H,6,9,12,15-24H2,1-5H3/b8-7-,11-10-,14-13-/t29?,30-,32-,33+,34-,35-/m1/s1. The van der Waals surface area contributed by atoms with E-state index in [0.29, 0.717) is 6.42 Å². The molecule has 1 aliphatic rings. The molecule has 0 amide bonds. The lowest BCUT2D eigenvalue weighted by atomic mass is 9.98. The number of carbonyl (C=O) groups excluding carboxylic acids is 5. The van der Waals surface area contributed by atoms with E-state index in [2.05, 4.69) is 43.4 Å². The Morgan fingerprint density at radius 1 is 0.667 bits per heavy atom. The average molecular weight is 683 g/mol. The number of rotatable bonds is 23. The number of carbonyl (C=O) groups is 5. The van der Waals surface area contributed by atoms with Crippen LogP contribution in [0.5, 0.6) is 0 Å². The minimum absolute atomic E-state index is 0.215. The van der Waals surface area contributed by atoms with Crippen molar-refractivity contribution in [3.05, 3.63) is 36.5 Å². The van der Waals surface area contributed by atoms with Gasteiger partial charge in [-0.25, -0.2) is 0 Å². The molecule has 272 valence electrons. The van der Waals surface area contributed by atoms with Gasteiger partial charge in [-0.15, -0.1) is 0 Å². The van der Waals surface area contributed by atoms with Gasteiger partial charge in [0.25, 0.3) is 0 Å². The molecule has 0 bridgehead atoms. The van der Waals surface area contributed by atoms with E-state index in [4.69, 9.17) is 33.2 Å². The lowest BCUT2D eigenvalue weighted by molar-refractivity contribution is -0.311. The summed E-state index contributed by atoms with van der Waals surface area (Å²) < 4.78 is 37.6. The average Bonchev–Trinajstić information content (AvgIpc) is 3.01. The van der Waals surface area contributed by atoms with Gasteiger partial charge in [-0.05, 0) is 38.5 Å². The van der Waals surface area contributed by atoms with E-state index in [-0.39, 0.29) is 13.0 Å². The van der Waals surface area contributed by atoms with Crippen molar-refractivity contribution in [3.8, 4) is 0 Å². The fraction of sp³-hybridized carbons (Fsp3) is 0.686. The molecule has 1 heterocycles. The van der Waals surface area contributed by atoms with Crippen LogP contribution < -0.4 is 0 Å². The van der Waals surface area contributed by atoms with Crippen LogP contribution in [0.2, 0.25) is 0 Å². The molecule has 0 saturated carbocycles. The molecule has 1 rings (SSSR count). The molecule has 0 aromatic heterocycles. The third kappa shape index (κ3) is 20.0. The first-order chi connectivity index (χ1) is 22.9. The van der Waals surface area contributed by atoms with Gasteiger partial charge in [0.2, 0.25) is 0 Å². The maximum absolute atomic E-state index is 12.2. The zero-order valence-electron chi connectivity index (χ0n) is 29.0. The van der Waals surface area contributed by atoms with E-state index in [1.54, 1.807) is 0 Å². The minimum atomic E-state index is -1.44. The third-order valence-corrected chi connectivity index (χ3v) is 6.87. The molecule has 6 atom stereocenters. The molecule has 0 aromatic carbocycles. The van der Waals surface area contributed by atoms with E-state index in [1.807, 2.05) is 0 Å². The maximum atomic E-state index is 12.2. The lowest BCUT2D eigenvalue weighted by Crippen LogP contribution is -2.63. The quantitative estimate of drug-likeness (QED) is 0.0688. The number of allylic oxidation sites excluding steroid dienone is 6. The van der Waals surface area contributed by atoms with Crippen LogP contribution >= 0.6 is 0 Å². The number of esters is 5. The summed E-state index contributed by atoms with van der Waals surface area (Å²) in [7, 11) is 0. The molecule has 0 radical (unpaired) electrons. The van der Waals surface area contributed by atoms with Crippen molar-refractivity contribution in [2.45, 2.75) is 136 Å². The first kappa shape index (κ1) is 42.5. The number of hydrogen-bond donors (Lipinski definition) is 1. The highest BCUT2D eigenvalue weighted by Gasteiger charge is 2.52. The van der Waals surface area contributed by atoms with Gasteiger partial charge >= 0.3 is 29.8 Å². The Morgan fingerprint density at radius 3 is 1.85 bits per heavy atom. The molecule has 0 spiro atoms. The molecule has 13 heteroatoms. The summed E-state index contributed by atoms with van der Waals surface area (Å²) in [5, 5.41) is 10.4. The number of ether oxygens (including phenoxy) is 7. The molecule has 1 unspecified atom stereocenters. The van der Waals surface area contributed by atoms with Gasteiger partial charge in [0, 0.05) is 34.1 Å².